The molecule has 10 nitrogen and oxygen atoms in total. The number of carbonyl (C=O) groups is 1. The highest BCUT2D eigenvalue weighted by molar-refractivity contribution is 7.82. The van der Waals surface area contributed by atoms with Gasteiger partial charge < -0.3 is 34.7 Å². The van der Waals surface area contributed by atoms with Crippen molar-refractivity contribution in [2.45, 2.75) is 56.1 Å². The molecule has 2 aliphatic heterocycles. The molecule has 2 saturated heterocycles. The van der Waals surface area contributed by atoms with E-state index in [1.54, 1.807) is 16.4 Å². The molecule has 12 heteroatoms. The lowest BCUT2D eigenvalue weighted by Gasteiger charge is -2.30. The van der Waals surface area contributed by atoms with Gasteiger partial charge in [0.2, 0.25) is 0 Å². The summed E-state index contributed by atoms with van der Waals surface area (Å²) < 4.78 is 31.9. The molecule has 2 aromatic rings. The number of amides is 1. The molecule has 212 valence electrons. The van der Waals surface area contributed by atoms with E-state index in [2.05, 4.69) is 5.32 Å². The van der Waals surface area contributed by atoms with Crippen molar-refractivity contribution in [1.29, 1.82) is 0 Å². The first-order chi connectivity index (χ1) is 18.7. The third kappa shape index (κ3) is 8.10. The zero-order valence-corrected chi connectivity index (χ0v) is 23.0. The van der Waals surface area contributed by atoms with E-state index < -0.39 is 42.4 Å². The van der Waals surface area contributed by atoms with Crippen LogP contribution in [-0.2, 0) is 31.6 Å². The first kappa shape index (κ1) is 29.7. The largest absolute Gasteiger partial charge is 0.488 e. The van der Waals surface area contributed by atoms with E-state index in [-0.39, 0.29) is 31.3 Å². The van der Waals surface area contributed by atoms with Crippen LogP contribution in [-0.4, -0.2) is 87.7 Å². The standard InChI is InChI=1S/C27H37BN2O8S/c1-18(2)15-30(39(35)21-10-8-20(9-11-21)28(33)34)16-24(31)23(14-19-6-4-3-5-7-19)29-27(32)38-25-17-37-26-22(25)12-13-36-26/h3-11,18,22-26,31,33-34H,12-17H2,1-2H3,(H,29,32)/t22-,23-,24+,25-,26+,39?/m0/s1. The van der Waals surface area contributed by atoms with Gasteiger partial charge in [0.1, 0.15) is 17.1 Å². The average Bonchev–Trinajstić information content (AvgIpc) is 3.53. The van der Waals surface area contributed by atoms with Gasteiger partial charge in [-0.15, -0.1) is 0 Å². The maximum atomic E-state index is 13.5. The number of hydrogen-bond acceptors (Lipinski definition) is 8. The van der Waals surface area contributed by atoms with Crippen LogP contribution in [0, 0.1) is 11.8 Å². The van der Waals surface area contributed by atoms with Crippen LogP contribution >= 0.6 is 0 Å². The maximum absolute atomic E-state index is 13.5. The van der Waals surface area contributed by atoms with Crippen LogP contribution in [0.2, 0.25) is 0 Å². The molecule has 2 aliphatic rings. The Labute approximate surface area is 232 Å². The van der Waals surface area contributed by atoms with E-state index in [0.29, 0.717) is 29.9 Å². The van der Waals surface area contributed by atoms with Crippen LogP contribution in [0.5, 0.6) is 0 Å². The number of aliphatic hydroxyl groups is 1. The number of rotatable bonds is 12. The third-order valence-corrected chi connectivity index (χ3v) is 8.33. The van der Waals surface area contributed by atoms with E-state index in [4.69, 9.17) is 14.2 Å². The number of alkyl carbamates (subject to hydrolysis) is 1. The van der Waals surface area contributed by atoms with Gasteiger partial charge in [-0.1, -0.05) is 56.3 Å². The second kappa shape index (κ2) is 13.8. The summed E-state index contributed by atoms with van der Waals surface area (Å²) in [5.41, 5.74) is 1.21. The SMILES string of the molecule is CC(C)CN(C[C@@H](O)[C@H](Cc1ccccc1)NC(=O)O[C@H]1CO[C@H]2OCC[C@H]21)S(=O)c1ccc(B(O)O)cc1. The Morgan fingerprint density at radius 1 is 1.13 bits per heavy atom. The number of carbonyl (C=O) groups excluding carboxylic acids is 1. The van der Waals surface area contributed by atoms with E-state index >= 15 is 0 Å². The Morgan fingerprint density at radius 2 is 1.85 bits per heavy atom. The normalized spacial score (nSPS) is 22.9. The lowest BCUT2D eigenvalue weighted by atomic mass is 9.81. The van der Waals surface area contributed by atoms with Crippen molar-refractivity contribution >= 4 is 29.7 Å². The maximum Gasteiger partial charge on any atom is 0.488 e. The van der Waals surface area contributed by atoms with Crippen molar-refractivity contribution in [1.82, 2.24) is 9.62 Å². The summed E-state index contributed by atoms with van der Waals surface area (Å²) in [5, 5.41) is 32.9. The Balaban J connectivity index is 1.47. The Bertz CT molecular complexity index is 1090. The lowest BCUT2D eigenvalue weighted by Crippen LogP contribution is -2.51. The number of benzene rings is 2. The quantitative estimate of drug-likeness (QED) is 0.280. The fraction of sp³-hybridized carbons (Fsp3) is 0.519. The van der Waals surface area contributed by atoms with Crippen molar-refractivity contribution in [3.05, 3.63) is 60.2 Å². The second-order valence-electron chi connectivity index (χ2n) is 10.4. The zero-order chi connectivity index (χ0) is 27.9. The number of nitrogens with zero attached hydrogens (tertiary/aromatic N) is 1. The average molecular weight is 560 g/mol. The van der Waals surface area contributed by atoms with E-state index in [1.807, 2.05) is 44.2 Å². The predicted molar refractivity (Wildman–Crippen MR) is 146 cm³/mol. The third-order valence-electron chi connectivity index (χ3n) is 6.88. The van der Waals surface area contributed by atoms with Gasteiger partial charge in [-0.25, -0.2) is 13.3 Å². The smallest absolute Gasteiger partial charge is 0.443 e. The summed E-state index contributed by atoms with van der Waals surface area (Å²) in [4.78, 5) is 13.4. The van der Waals surface area contributed by atoms with Crippen molar-refractivity contribution in [2.75, 3.05) is 26.3 Å². The van der Waals surface area contributed by atoms with Gasteiger partial charge in [0.15, 0.2) is 6.29 Å². The molecule has 39 heavy (non-hydrogen) atoms. The topological polar surface area (TPSA) is 138 Å². The molecule has 2 aromatic carbocycles. The summed E-state index contributed by atoms with van der Waals surface area (Å²) in [6.07, 6.45) is -1.38. The van der Waals surface area contributed by atoms with E-state index in [9.17, 15) is 24.2 Å². The molecule has 6 atom stereocenters. The van der Waals surface area contributed by atoms with E-state index in [0.717, 1.165) is 12.0 Å². The molecule has 0 radical (unpaired) electrons. The molecular weight excluding hydrogens is 523 g/mol. The molecule has 2 heterocycles. The number of nitrogens with one attached hydrogen (secondary N) is 1. The molecule has 4 rings (SSSR count). The van der Waals surface area contributed by atoms with Gasteiger partial charge in [0, 0.05) is 13.1 Å². The van der Waals surface area contributed by atoms with Crippen LogP contribution in [0.1, 0.15) is 25.8 Å². The molecular formula is C27H37BN2O8S. The summed E-state index contributed by atoms with van der Waals surface area (Å²) in [6.45, 7) is 5.27. The highest BCUT2D eigenvalue weighted by Crippen LogP contribution is 2.33. The molecule has 0 saturated carbocycles. The molecule has 0 aromatic heterocycles. The van der Waals surface area contributed by atoms with E-state index in [1.165, 1.54) is 12.1 Å². The molecule has 1 amide bonds. The zero-order valence-electron chi connectivity index (χ0n) is 22.2. The van der Waals surface area contributed by atoms with Gasteiger partial charge in [-0.05, 0) is 41.9 Å². The number of ether oxygens (including phenoxy) is 3. The van der Waals surface area contributed by atoms with Gasteiger partial charge in [0.25, 0.3) is 0 Å². The van der Waals surface area contributed by atoms with Gasteiger partial charge in [0.05, 0.1) is 36.2 Å². The number of hydrogen-bond donors (Lipinski definition) is 4. The highest BCUT2D eigenvalue weighted by atomic mass is 32.2. The Morgan fingerprint density at radius 3 is 2.51 bits per heavy atom. The Kier molecular flexibility index (Phi) is 10.5. The summed E-state index contributed by atoms with van der Waals surface area (Å²) >= 11 is 0. The van der Waals surface area contributed by atoms with Crippen LogP contribution in [0.15, 0.2) is 59.5 Å². The predicted octanol–water partition coefficient (Wildman–Crippen LogP) is 0.807. The number of aliphatic hydroxyl groups excluding tert-OH is 1. The first-order valence-electron chi connectivity index (χ1n) is 13.3. The molecule has 0 spiro atoms. The fourth-order valence-electron chi connectivity index (χ4n) is 4.88. The van der Waals surface area contributed by atoms with Crippen LogP contribution in [0.4, 0.5) is 4.79 Å². The minimum absolute atomic E-state index is 0.00413. The highest BCUT2D eigenvalue weighted by Gasteiger charge is 2.44. The van der Waals surface area contributed by atoms with Crippen molar-refractivity contribution in [3.8, 4) is 0 Å². The molecule has 2 fully saturated rings. The van der Waals surface area contributed by atoms with Crippen LogP contribution < -0.4 is 10.8 Å². The van der Waals surface area contributed by atoms with Crippen LogP contribution in [0.25, 0.3) is 0 Å². The Hall–Kier alpha value is -2.32. The molecule has 0 bridgehead atoms. The summed E-state index contributed by atoms with van der Waals surface area (Å²) in [5.74, 6) is 0.143. The van der Waals surface area contributed by atoms with Gasteiger partial charge in [-0.3, -0.25) is 0 Å². The second-order valence-corrected chi connectivity index (χ2v) is 11.9. The first-order valence-corrected chi connectivity index (χ1v) is 14.4. The monoisotopic (exact) mass is 560 g/mol. The molecule has 4 N–H and O–H groups in total. The minimum Gasteiger partial charge on any atom is -0.443 e. The number of fused-ring (bicyclic) bond motifs is 1. The van der Waals surface area contributed by atoms with Crippen molar-refractivity contribution < 1.29 is 38.4 Å². The molecule has 0 aliphatic carbocycles. The molecule has 1 unspecified atom stereocenters. The van der Waals surface area contributed by atoms with Crippen molar-refractivity contribution in [2.24, 2.45) is 11.8 Å². The van der Waals surface area contributed by atoms with Crippen molar-refractivity contribution in [3.63, 3.8) is 0 Å². The summed E-state index contributed by atoms with van der Waals surface area (Å²) in [6, 6.07) is 15.0. The summed E-state index contributed by atoms with van der Waals surface area (Å²) in [7, 11) is -3.25. The van der Waals surface area contributed by atoms with Gasteiger partial charge in [-0.2, -0.15) is 0 Å². The lowest BCUT2D eigenvalue weighted by molar-refractivity contribution is -0.0907. The van der Waals surface area contributed by atoms with Crippen LogP contribution in [0.3, 0.4) is 0 Å². The fourth-order valence-corrected chi connectivity index (χ4v) is 6.27. The minimum atomic E-state index is -1.63. The van der Waals surface area contributed by atoms with Gasteiger partial charge >= 0.3 is 13.2 Å².